The van der Waals surface area contributed by atoms with Crippen molar-refractivity contribution in [1.29, 1.82) is 0 Å². The average Bonchev–Trinajstić information content (AvgIpc) is 3.43. The Morgan fingerprint density at radius 2 is 1.88 bits per heavy atom. The molecule has 1 atom stereocenters. The number of carbonyl (C=O) groups is 3. The number of benzene rings is 2. The van der Waals surface area contributed by atoms with Crippen molar-refractivity contribution in [3.05, 3.63) is 93.9 Å². The molecule has 43 heavy (non-hydrogen) atoms. The fourth-order valence-corrected chi connectivity index (χ4v) is 5.38. The maximum absolute atomic E-state index is 12.8. The predicted octanol–water partition coefficient (Wildman–Crippen LogP) is 5.44. The number of carbonyl (C=O) groups excluding carboxylic acids is 2. The third-order valence-corrected chi connectivity index (χ3v) is 7.81. The molecule has 0 unspecified atom stereocenters. The highest BCUT2D eigenvalue weighted by atomic mass is 35.5. The van der Waals surface area contributed by atoms with Gasteiger partial charge in [0.25, 0.3) is 5.91 Å². The minimum Gasteiger partial charge on any atom is -0.496 e. The average molecular weight is 620 g/mol. The molecule has 5 rings (SSSR count). The van der Waals surface area contributed by atoms with Gasteiger partial charge in [0.05, 0.1) is 34.1 Å². The molecule has 1 aliphatic rings. The molecule has 0 aliphatic carbocycles. The van der Waals surface area contributed by atoms with E-state index in [-0.39, 0.29) is 28.2 Å². The van der Waals surface area contributed by atoms with Gasteiger partial charge in [0, 0.05) is 60.2 Å². The number of carboxylic acids is 1. The highest BCUT2D eigenvalue weighted by molar-refractivity contribution is 6.39. The van der Waals surface area contributed by atoms with E-state index in [9.17, 15) is 14.4 Å². The summed E-state index contributed by atoms with van der Waals surface area (Å²) in [6.07, 6.45) is 4.12. The van der Waals surface area contributed by atoms with Crippen LogP contribution in [0.5, 0.6) is 5.75 Å². The van der Waals surface area contributed by atoms with Gasteiger partial charge in [-0.25, -0.2) is 4.79 Å². The molecule has 2 aromatic carbocycles. The lowest BCUT2D eigenvalue weighted by atomic mass is 10.0. The van der Waals surface area contributed by atoms with Gasteiger partial charge in [-0.05, 0) is 36.8 Å². The van der Waals surface area contributed by atoms with Crippen LogP contribution in [0, 0.1) is 0 Å². The summed E-state index contributed by atoms with van der Waals surface area (Å²) in [4.78, 5) is 43.7. The number of aromatic carboxylic acids is 1. The maximum Gasteiger partial charge on any atom is 0.337 e. The second kappa shape index (κ2) is 13.2. The van der Waals surface area contributed by atoms with E-state index in [2.05, 4.69) is 25.9 Å². The van der Waals surface area contributed by atoms with E-state index in [1.165, 1.54) is 12.1 Å². The lowest BCUT2D eigenvalue weighted by molar-refractivity contribution is -0.119. The van der Waals surface area contributed by atoms with Gasteiger partial charge >= 0.3 is 5.97 Å². The molecule has 1 fully saturated rings. The quantitative estimate of drug-likeness (QED) is 0.184. The van der Waals surface area contributed by atoms with Crippen LogP contribution in [-0.2, 0) is 11.3 Å². The molecule has 220 valence electrons. The Morgan fingerprint density at radius 3 is 2.58 bits per heavy atom. The minimum atomic E-state index is -1.14. The smallest absolute Gasteiger partial charge is 0.337 e. The number of hydrogen-bond donors (Lipinski definition) is 4. The van der Waals surface area contributed by atoms with Gasteiger partial charge in [-0.1, -0.05) is 47.5 Å². The molecule has 4 N–H and O–H groups in total. The highest BCUT2D eigenvalue weighted by Crippen LogP contribution is 2.41. The van der Waals surface area contributed by atoms with E-state index in [0.29, 0.717) is 52.8 Å². The van der Waals surface area contributed by atoms with E-state index in [1.807, 2.05) is 18.2 Å². The van der Waals surface area contributed by atoms with Crippen LogP contribution in [0.2, 0.25) is 10.0 Å². The summed E-state index contributed by atoms with van der Waals surface area (Å²) in [5.74, 6) is -0.939. The molecule has 1 aliphatic heterocycles. The third kappa shape index (κ3) is 6.77. The SMILES string of the molecule is COc1cc(-c2nccc(-c3cccc(NC(=O)c4ccc(C(=O)O)cn4)c3Cl)c2Cl)ccc1CNC[C@@H]1CCC(=O)N1. The molecule has 12 heteroatoms. The van der Waals surface area contributed by atoms with Crippen LogP contribution < -0.4 is 20.7 Å². The van der Waals surface area contributed by atoms with Gasteiger partial charge in [-0.3, -0.25) is 19.6 Å². The topological polar surface area (TPSA) is 143 Å². The Kier molecular flexibility index (Phi) is 9.20. The van der Waals surface area contributed by atoms with Crippen molar-refractivity contribution >= 4 is 46.7 Å². The Morgan fingerprint density at radius 1 is 1.07 bits per heavy atom. The lowest BCUT2D eigenvalue weighted by Gasteiger charge is -2.16. The summed E-state index contributed by atoms with van der Waals surface area (Å²) < 4.78 is 5.65. The molecule has 4 aromatic rings. The first kappa shape index (κ1) is 30.0. The van der Waals surface area contributed by atoms with Crippen LogP contribution in [0.4, 0.5) is 5.69 Å². The van der Waals surface area contributed by atoms with Crippen LogP contribution in [-0.4, -0.2) is 52.6 Å². The van der Waals surface area contributed by atoms with Crippen molar-refractivity contribution in [2.75, 3.05) is 19.0 Å². The standard InChI is InChI=1S/C31H27Cl2N5O5/c1-43-25-13-17(5-6-18(25)14-34-16-20-8-10-26(39)37-20)29-28(33)22(11-12-35-29)21-3-2-4-23(27(21)32)38-30(40)24-9-7-19(15-36-24)31(41)42/h2-7,9,11-13,15,20,34H,8,10,14,16H2,1H3,(H,37,39)(H,38,40)(H,41,42)/t20-/m0/s1. The molecule has 1 saturated heterocycles. The number of halogens is 2. The summed E-state index contributed by atoms with van der Waals surface area (Å²) >= 11 is 13.6. The molecule has 3 heterocycles. The minimum absolute atomic E-state index is 0.0285. The van der Waals surface area contributed by atoms with Gasteiger partial charge < -0.3 is 25.8 Å². The van der Waals surface area contributed by atoms with E-state index in [4.69, 9.17) is 33.0 Å². The number of methoxy groups -OCH3 is 1. The number of pyridine rings is 2. The fourth-order valence-electron chi connectivity index (χ4n) is 4.78. The van der Waals surface area contributed by atoms with E-state index in [0.717, 1.165) is 23.7 Å². The Bertz CT molecular complexity index is 1700. The molecular formula is C31H27Cl2N5O5. The number of amides is 2. The monoisotopic (exact) mass is 619 g/mol. The molecule has 0 saturated carbocycles. The van der Waals surface area contributed by atoms with Crippen LogP contribution in [0.1, 0.15) is 39.3 Å². The summed E-state index contributed by atoms with van der Waals surface area (Å²) in [5.41, 5.74) is 3.74. The predicted molar refractivity (Wildman–Crippen MR) is 164 cm³/mol. The maximum atomic E-state index is 12.8. The number of aromatic nitrogens is 2. The van der Waals surface area contributed by atoms with Crippen molar-refractivity contribution in [2.45, 2.75) is 25.4 Å². The largest absolute Gasteiger partial charge is 0.496 e. The number of nitrogens with zero attached hydrogens (tertiary/aromatic N) is 2. The van der Waals surface area contributed by atoms with Crippen molar-refractivity contribution < 1.29 is 24.2 Å². The molecule has 10 nitrogen and oxygen atoms in total. The zero-order valence-corrected chi connectivity index (χ0v) is 24.5. The molecular weight excluding hydrogens is 593 g/mol. The highest BCUT2D eigenvalue weighted by Gasteiger charge is 2.21. The number of rotatable bonds is 10. The molecule has 2 aromatic heterocycles. The molecule has 0 bridgehead atoms. The molecule has 0 radical (unpaired) electrons. The van der Waals surface area contributed by atoms with Gasteiger partial charge in [-0.2, -0.15) is 0 Å². The Hall–Kier alpha value is -4.51. The number of ether oxygens (including phenoxy) is 1. The summed E-state index contributed by atoms with van der Waals surface area (Å²) in [6, 6.07) is 15.4. The van der Waals surface area contributed by atoms with Gasteiger partial charge in [0.2, 0.25) is 5.91 Å². The van der Waals surface area contributed by atoms with E-state index in [1.54, 1.807) is 37.6 Å². The number of hydrogen-bond acceptors (Lipinski definition) is 7. The number of anilines is 1. The van der Waals surface area contributed by atoms with E-state index < -0.39 is 11.9 Å². The summed E-state index contributed by atoms with van der Waals surface area (Å²) in [5, 5.41) is 18.7. The number of carboxylic acid groups (broad SMARTS) is 1. The van der Waals surface area contributed by atoms with Gasteiger partial charge in [0.15, 0.2) is 0 Å². The van der Waals surface area contributed by atoms with E-state index >= 15 is 0 Å². The van der Waals surface area contributed by atoms with Crippen LogP contribution in [0.25, 0.3) is 22.4 Å². The van der Waals surface area contributed by atoms with Crippen LogP contribution >= 0.6 is 23.2 Å². The fraction of sp³-hybridized carbons (Fsp3) is 0.194. The molecule has 0 spiro atoms. The van der Waals surface area contributed by atoms with Crippen molar-refractivity contribution in [1.82, 2.24) is 20.6 Å². The normalized spacial score (nSPS) is 14.3. The molecule has 2 amide bonds. The first-order valence-electron chi connectivity index (χ1n) is 13.4. The Balaban J connectivity index is 1.36. The van der Waals surface area contributed by atoms with Crippen LogP contribution in [0.3, 0.4) is 0 Å². The zero-order chi connectivity index (χ0) is 30.5. The summed E-state index contributed by atoms with van der Waals surface area (Å²) in [7, 11) is 1.60. The van der Waals surface area contributed by atoms with Gasteiger partial charge in [0.1, 0.15) is 11.4 Å². The Labute approximate surface area is 257 Å². The first-order chi connectivity index (χ1) is 20.7. The lowest BCUT2D eigenvalue weighted by Crippen LogP contribution is -2.35. The zero-order valence-electron chi connectivity index (χ0n) is 23.0. The van der Waals surface area contributed by atoms with Crippen molar-refractivity contribution in [2.24, 2.45) is 0 Å². The van der Waals surface area contributed by atoms with Gasteiger partial charge in [-0.15, -0.1) is 0 Å². The summed E-state index contributed by atoms with van der Waals surface area (Å²) in [6.45, 7) is 1.23. The first-order valence-corrected chi connectivity index (χ1v) is 14.1. The number of nitrogens with one attached hydrogen (secondary N) is 3. The third-order valence-electron chi connectivity index (χ3n) is 7.02. The van der Waals surface area contributed by atoms with Crippen molar-refractivity contribution in [3.8, 4) is 28.1 Å². The second-order valence-corrected chi connectivity index (χ2v) is 10.6. The van der Waals surface area contributed by atoms with Crippen LogP contribution in [0.15, 0.2) is 67.0 Å². The van der Waals surface area contributed by atoms with Crippen molar-refractivity contribution in [3.63, 3.8) is 0 Å². The second-order valence-electron chi connectivity index (χ2n) is 9.84.